The fraction of sp³-hybridized carbons (Fsp3) is 0.455. The molecule has 1 aromatic rings. The highest BCUT2D eigenvalue weighted by Gasteiger charge is 2.21. The number of phenolic OH excluding ortho intramolecular Hbond substituents is 1. The van der Waals surface area contributed by atoms with Crippen LogP contribution in [0, 0.1) is 17.6 Å². The molecule has 90 valence electrons. The highest BCUT2D eigenvalue weighted by atomic mass is 79.9. The van der Waals surface area contributed by atoms with Crippen molar-refractivity contribution in [2.75, 3.05) is 0 Å². The number of rotatable bonds is 3. The molecule has 0 aromatic heterocycles. The lowest BCUT2D eigenvalue weighted by molar-refractivity contribution is 0.389. The van der Waals surface area contributed by atoms with E-state index in [4.69, 9.17) is 5.73 Å². The monoisotopic (exact) mass is 293 g/mol. The summed E-state index contributed by atoms with van der Waals surface area (Å²) in [7, 11) is 0. The highest BCUT2D eigenvalue weighted by molar-refractivity contribution is 9.10. The SMILES string of the molecule is CC(C)C[C@@H](N)c1cc(Br)c(F)c(F)c1O. The third-order valence-electron chi connectivity index (χ3n) is 2.29. The van der Waals surface area contributed by atoms with Crippen molar-refractivity contribution in [1.82, 2.24) is 0 Å². The Hall–Kier alpha value is -0.680. The predicted molar refractivity (Wildman–Crippen MR) is 62.1 cm³/mol. The van der Waals surface area contributed by atoms with Crippen LogP contribution < -0.4 is 5.73 Å². The maximum absolute atomic E-state index is 13.2. The van der Waals surface area contributed by atoms with Crippen LogP contribution in [0.4, 0.5) is 8.78 Å². The molecule has 1 atom stereocenters. The normalized spacial score (nSPS) is 13.2. The zero-order valence-electron chi connectivity index (χ0n) is 9.10. The summed E-state index contributed by atoms with van der Waals surface area (Å²) < 4.78 is 26.3. The Morgan fingerprint density at radius 3 is 2.44 bits per heavy atom. The zero-order chi connectivity index (χ0) is 12.5. The van der Waals surface area contributed by atoms with E-state index in [1.54, 1.807) is 0 Å². The van der Waals surface area contributed by atoms with Crippen LogP contribution in [-0.4, -0.2) is 5.11 Å². The van der Waals surface area contributed by atoms with Crippen molar-refractivity contribution < 1.29 is 13.9 Å². The molecule has 0 saturated carbocycles. The Bertz CT molecular complexity index is 396. The van der Waals surface area contributed by atoms with E-state index in [1.165, 1.54) is 6.07 Å². The average Bonchev–Trinajstić information content (AvgIpc) is 2.19. The molecule has 1 aromatic carbocycles. The predicted octanol–water partition coefficient (Wildman–Crippen LogP) is 3.48. The second kappa shape index (κ2) is 5.10. The van der Waals surface area contributed by atoms with Crippen LogP contribution in [0.1, 0.15) is 31.9 Å². The number of phenols is 1. The van der Waals surface area contributed by atoms with Gasteiger partial charge in [0, 0.05) is 11.6 Å². The first-order valence-electron chi connectivity index (χ1n) is 4.96. The van der Waals surface area contributed by atoms with Crippen LogP contribution in [0.15, 0.2) is 10.5 Å². The second-order valence-corrected chi connectivity index (χ2v) is 5.01. The van der Waals surface area contributed by atoms with Gasteiger partial charge in [0.25, 0.3) is 0 Å². The van der Waals surface area contributed by atoms with E-state index in [0.717, 1.165) is 0 Å². The molecule has 0 spiro atoms. The molecule has 16 heavy (non-hydrogen) atoms. The van der Waals surface area contributed by atoms with Crippen LogP contribution >= 0.6 is 15.9 Å². The molecular weight excluding hydrogens is 280 g/mol. The Morgan fingerprint density at radius 1 is 1.38 bits per heavy atom. The van der Waals surface area contributed by atoms with Gasteiger partial charge >= 0.3 is 0 Å². The fourth-order valence-electron chi connectivity index (χ4n) is 1.52. The number of hydrogen-bond acceptors (Lipinski definition) is 2. The molecule has 0 aliphatic carbocycles. The summed E-state index contributed by atoms with van der Waals surface area (Å²) in [6.07, 6.45) is 0.588. The van der Waals surface area contributed by atoms with Crippen LogP contribution in [0.25, 0.3) is 0 Å². The summed E-state index contributed by atoms with van der Waals surface area (Å²) in [5, 5.41) is 9.47. The topological polar surface area (TPSA) is 46.2 Å². The standard InChI is InChI=1S/C11H14BrF2NO/c1-5(2)3-8(15)6-4-7(12)9(13)10(14)11(6)16/h4-5,8,16H,3,15H2,1-2H3/t8-/m1/s1. The van der Waals surface area contributed by atoms with E-state index < -0.39 is 23.4 Å². The molecule has 0 amide bonds. The van der Waals surface area contributed by atoms with Gasteiger partial charge < -0.3 is 10.8 Å². The maximum atomic E-state index is 13.2. The summed E-state index contributed by atoms with van der Waals surface area (Å²) in [5.74, 6) is -2.75. The number of aromatic hydroxyl groups is 1. The van der Waals surface area contributed by atoms with Crippen molar-refractivity contribution in [3.8, 4) is 5.75 Å². The van der Waals surface area contributed by atoms with E-state index in [-0.39, 0.29) is 10.0 Å². The number of nitrogens with two attached hydrogens (primary N) is 1. The number of hydrogen-bond donors (Lipinski definition) is 2. The van der Waals surface area contributed by atoms with Crippen molar-refractivity contribution in [2.24, 2.45) is 11.7 Å². The Kier molecular flexibility index (Phi) is 4.27. The lowest BCUT2D eigenvalue weighted by Crippen LogP contribution is -2.14. The summed E-state index contributed by atoms with van der Waals surface area (Å²) in [5.41, 5.74) is 6.04. The van der Waals surface area contributed by atoms with Gasteiger partial charge in [-0.15, -0.1) is 0 Å². The molecular formula is C11H14BrF2NO. The third-order valence-corrected chi connectivity index (χ3v) is 2.87. The first-order valence-corrected chi connectivity index (χ1v) is 5.75. The van der Waals surface area contributed by atoms with Crippen molar-refractivity contribution in [3.63, 3.8) is 0 Å². The Labute approximate surface area is 102 Å². The molecule has 0 heterocycles. The van der Waals surface area contributed by atoms with Gasteiger partial charge in [0.05, 0.1) is 4.47 Å². The zero-order valence-corrected chi connectivity index (χ0v) is 10.7. The van der Waals surface area contributed by atoms with Crippen molar-refractivity contribution in [2.45, 2.75) is 26.3 Å². The van der Waals surface area contributed by atoms with Crippen LogP contribution in [0.3, 0.4) is 0 Å². The van der Waals surface area contributed by atoms with E-state index >= 15 is 0 Å². The lowest BCUT2D eigenvalue weighted by Gasteiger charge is -2.16. The molecule has 5 heteroatoms. The van der Waals surface area contributed by atoms with Crippen LogP contribution in [0.2, 0.25) is 0 Å². The Balaban J connectivity index is 3.14. The van der Waals surface area contributed by atoms with Gasteiger partial charge in [-0.3, -0.25) is 0 Å². The molecule has 0 saturated heterocycles. The molecule has 0 aliphatic rings. The molecule has 0 bridgehead atoms. The van der Waals surface area contributed by atoms with Gasteiger partial charge in [-0.05, 0) is 34.3 Å². The second-order valence-electron chi connectivity index (χ2n) is 4.16. The van der Waals surface area contributed by atoms with Crippen molar-refractivity contribution in [3.05, 3.63) is 27.7 Å². The van der Waals surface area contributed by atoms with E-state index in [2.05, 4.69) is 15.9 Å². The van der Waals surface area contributed by atoms with Gasteiger partial charge in [0.15, 0.2) is 11.6 Å². The van der Waals surface area contributed by atoms with E-state index in [1.807, 2.05) is 13.8 Å². The van der Waals surface area contributed by atoms with Gasteiger partial charge in [-0.1, -0.05) is 13.8 Å². The highest BCUT2D eigenvalue weighted by Crippen LogP contribution is 2.34. The first-order chi connectivity index (χ1) is 7.34. The number of benzene rings is 1. The van der Waals surface area contributed by atoms with Gasteiger partial charge in [-0.25, -0.2) is 4.39 Å². The molecule has 0 aliphatic heterocycles. The van der Waals surface area contributed by atoms with Crippen molar-refractivity contribution >= 4 is 15.9 Å². The molecule has 0 unspecified atom stereocenters. The summed E-state index contributed by atoms with van der Waals surface area (Å²) in [4.78, 5) is 0. The molecule has 0 fully saturated rings. The third kappa shape index (κ3) is 2.71. The molecule has 2 nitrogen and oxygen atoms in total. The van der Waals surface area contributed by atoms with Crippen LogP contribution in [0.5, 0.6) is 5.75 Å². The Morgan fingerprint density at radius 2 is 1.94 bits per heavy atom. The minimum atomic E-state index is -1.26. The average molecular weight is 294 g/mol. The maximum Gasteiger partial charge on any atom is 0.201 e. The lowest BCUT2D eigenvalue weighted by atomic mass is 9.97. The molecule has 0 radical (unpaired) electrons. The summed E-state index contributed by atoms with van der Waals surface area (Å²) in [6, 6.07) is 0.812. The fourth-order valence-corrected chi connectivity index (χ4v) is 1.94. The molecule has 3 N–H and O–H groups in total. The van der Waals surface area contributed by atoms with Gasteiger partial charge in [0.1, 0.15) is 0 Å². The van der Waals surface area contributed by atoms with Gasteiger partial charge in [0.2, 0.25) is 5.82 Å². The van der Waals surface area contributed by atoms with Crippen LogP contribution in [-0.2, 0) is 0 Å². The summed E-state index contributed by atoms with van der Waals surface area (Å²) in [6.45, 7) is 3.93. The van der Waals surface area contributed by atoms with Crippen molar-refractivity contribution in [1.29, 1.82) is 0 Å². The molecule has 1 rings (SSSR count). The largest absolute Gasteiger partial charge is 0.505 e. The summed E-state index contributed by atoms with van der Waals surface area (Å²) >= 11 is 2.88. The number of halogens is 3. The van der Waals surface area contributed by atoms with E-state index in [9.17, 15) is 13.9 Å². The van der Waals surface area contributed by atoms with Gasteiger partial charge in [-0.2, -0.15) is 4.39 Å². The smallest absolute Gasteiger partial charge is 0.201 e. The minimum Gasteiger partial charge on any atom is -0.505 e. The first kappa shape index (κ1) is 13.4. The quantitative estimate of drug-likeness (QED) is 0.838. The minimum absolute atomic E-state index is 0.0305. The van der Waals surface area contributed by atoms with E-state index in [0.29, 0.717) is 12.3 Å².